The Balaban J connectivity index is 2.05. The second kappa shape index (κ2) is 5.10. The molecule has 0 saturated heterocycles. The average Bonchev–Trinajstić information content (AvgIpc) is 2.84. The highest BCUT2D eigenvalue weighted by atomic mass is 16.4. The molecule has 1 unspecified atom stereocenters. The Morgan fingerprint density at radius 1 is 1.48 bits per heavy atom. The third-order valence-corrected chi connectivity index (χ3v) is 4.22. The number of carbonyl (C=O) groups is 1. The number of aryl methyl sites for hydroxylation is 1. The van der Waals surface area contributed by atoms with Gasteiger partial charge in [0.25, 0.3) is 0 Å². The van der Waals surface area contributed by atoms with Crippen molar-refractivity contribution >= 4 is 22.4 Å². The van der Waals surface area contributed by atoms with E-state index in [-0.39, 0.29) is 5.92 Å². The smallest absolute Gasteiger partial charge is 0.306 e. The van der Waals surface area contributed by atoms with Crippen molar-refractivity contribution in [1.29, 1.82) is 5.26 Å². The van der Waals surface area contributed by atoms with Crippen LogP contribution in [0.15, 0.2) is 30.5 Å². The Hall–Kier alpha value is -2.54. The molecule has 21 heavy (non-hydrogen) atoms. The number of rotatable bonds is 2. The number of aromatic nitrogens is 1. The van der Waals surface area contributed by atoms with Gasteiger partial charge in [0.05, 0.1) is 17.6 Å². The average molecular weight is 280 g/mol. The highest BCUT2D eigenvalue weighted by Gasteiger charge is 2.22. The van der Waals surface area contributed by atoms with Gasteiger partial charge in [-0.05, 0) is 43.0 Å². The molecule has 1 aromatic carbocycles. The van der Waals surface area contributed by atoms with Crippen molar-refractivity contribution in [2.45, 2.75) is 19.3 Å². The van der Waals surface area contributed by atoms with Crippen LogP contribution in [0.4, 0.5) is 0 Å². The number of allylic oxidation sites excluding steroid dienone is 2. The molecule has 0 amide bonds. The summed E-state index contributed by atoms with van der Waals surface area (Å²) in [4.78, 5) is 11.0. The second-order valence-electron chi connectivity index (χ2n) is 5.54. The molecule has 0 saturated carbocycles. The monoisotopic (exact) mass is 280 g/mol. The number of nitriles is 1. The molecule has 0 aliphatic heterocycles. The highest BCUT2D eigenvalue weighted by molar-refractivity contribution is 5.94. The molecule has 1 atom stereocenters. The Labute approximate surface area is 122 Å². The molecule has 1 aromatic heterocycles. The quantitative estimate of drug-likeness (QED) is 0.917. The normalized spacial score (nSPS) is 18.3. The van der Waals surface area contributed by atoms with Gasteiger partial charge in [0.2, 0.25) is 0 Å². The highest BCUT2D eigenvalue weighted by Crippen LogP contribution is 2.35. The maximum atomic E-state index is 11.0. The SMILES string of the molecule is Cn1cc(C2=CCC(C(=O)O)CC2)c2cc(C#N)ccc21. The first-order chi connectivity index (χ1) is 10.1. The Kier molecular flexibility index (Phi) is 3.26. The zero-order chi connectivity index (χ0) is 15.0. The van der Waals surface area contributed by atoms with E-state index in [9.17, 15) is 4.79 Å². The summed E-state index contributed by atoms with van der Waals surface area (Å²) in [5.74, 6) is -0.978. The second-order valence-corrected chi connectivity index (χ2v) is 5.54. The summed E-state index contributed by atoms with van der Waals surface area (Å²) in [5.41, 5.74) is 4.04. The summed E-state index contributed by atoms with van der Waals surface area (Å²) in [5, 5.41) is 19.2. The van der Waals surface area contributed by atoms with Gasteiger partial charge in [-0.15, -0.1) is 0 Å². The predicted molar refractivity (Wildman–Crippen MR) is 80.6 cm³/mol. The van der Waals surface area contributed by atoms with Gasteiger partial charge in [-0.1, -0.05) is 6.08 Å². The molecule has 4 heteroatoms. The third kappa shape index (κ3) is 2.31. The zero-order valence-electron chi connectivity index (χ0n) is 11.8. The van der Waals surface area contributed by atoms with Crippen molar-refractivity contribution in [3.8, 4) is 6.07 Å². The molecule has 0 bridgehead atoms. The molecule has 2 aromatic rings. The molecule has 1 aliphatic carbocycles. The number of fused-ring (bicyclic) bond motifs is 1. The van der Waals surface area contributed by atoms with E-state index in [1.165, 1.54) is 5.57 Å². The van der Waals surface area contributed by atoms with E-state index in [2.05, 4.69) is 16.8 Å². The van der Waals surface area contributed by atoms with Gasteiger partial charge < -0.3 is 9.67 Å². The number of aliphatic carboxylic acids is 1. The maximum absolute atomic E-state index is 11.0. The molecule has 3 rings (SSSR count). The van der Waals surface area contributed by atoms with Crippen molar-refractivity contribution in [2.24, 2.45) is 13.0 Å². The van der Waals surface area contributed by atoms with E-state index >= 15 is 0 Å². The van der Waals surface area contributed by atoms with Crippen molar-refractivity contribution in [3.05, 3.63) is 41.6 Å². The number of carboxylic acid groups (broad SMARTS) is 1. The number of hydrogen-bond donors (Lipinski definition) is 1. The Morgan fingerprint density at radius 3 is 2.90 bits per heavy atom. The molecule has 0 spiro atoms. The van der Waals surface area contributed by atoms with Gasteiger partial charge >= 0.3 is 5.97 Å². The molecule has 1 heterocycles. The summed E-state index contributed by atoms with van der Waals surface area (Å²) in [7, 11) is 1.99. The molecule has 1 N–H and O–H groups in total. The van der Waals surface area contributed by atoms with Crippen LogP contribution in [0.3, 0.4) is 0 Å². The number of carboxylic acids is 1. The largest absolute Gasteiger partial charge is 0.481 e. The van der Waals surface area contributed by atoms with E-state index in [0.717, 1.165) is 22.9 Å². The van der Waals surface area contributed by atoms with Gasteiger partial charge in [-0.25, -0.2) is 0 Å². The van der Waals surface area contributed by atoms with Gasteiger partial charge in [-0.3, -0.25) is 4.79 Å². The first-order valence-corrected chi connectivity index (χ1v) is 7.01. The first-order valence-electron chi connectivity index (χ1n) is 7.01. The molecule has 4 nitrogen and oxygen atoms in total. The van der Waals surface area contributed by atoms with E-state index in [1.807, 2.05) is 31.3 Å². The fourth-order valence-corrected chi connectivity index (χ4v) is 3.02. The predicted octanol–water partition coefficient (Wildman–Crippen LogP) is 3.32. The van der Waals surface area contributed by atoms with Crippen LogP contribution in [0.2, 0.25) is 0 Å². The van der Waals surface area contributed by atoms with Crippen molar-refractivity contribution in [1.82, 2.24) is 4.57 Å². The zero-order valence-corrected chi connectivity index (χ0v) is 11.8. The number of nitrogens with zero attached hydrogens (tertiary/aromatic N) is 2. The van der Waals surface area contributed by atoms with Crippen LogP contribution in [0, 0.1) is 17.2 Å². The molecule has 0 radical (unpaired) electrons. The van der Waals surface area contributed by atoms with E-state index in [0.29, 0.717) is 18.4 Å². The van der Waals surface area contributed by atoms with Gasteiger partial charge in [0.15, 0.2) is 0 Å². The Bertz CT molecular complexity index is 793. The molecular weight excluding hydrogens is 264 g/mol. The van der Waals surface area contributed by atoms with Gasteiger partial charge in [0.1, 0.15) is 0 Å². The molecule has 0 fully saturated rings. The van der Waals surface area contributed by atoms with E-state index in [4.69, 9.17) is 10.4 Å². The van der Waals surface area contributed by atoms with Crippen molar-refractivity contribution < 1.29 is 9.90 Å². The van der Waals surface area contributed by atoms with Gasteiger partial charge in [0, 0.05) is 29.7 Å². The standard InChI is InChI=1S/C17H16N2O2/c1-19-10-15(12-3-5-13(6-4-12)17(20)21)14-8-11(9-18)2-7-16(14)19/h2-3,7-8,10,13H,4-6H2,1H3,(H,20,21). The van der Waals surface area contributed by atoms with Crippen molar-refractivity contribution in [2.75, 3.05) is 0 Å². The molecule has 106 valence electrons. The first kappa shape index (κ1) is 13.4. The third-order valence-electron chi connectivity index (χ3n) is 4.22. The lowest BCUT2D eigenvalue weighted by atomic mass is 9.86. The van der Waals surface area contributed by atoms with E-state index in [1.54, 1.807) is 0 Å². The summed E-state index contributed by atoms with van der Waals surface area (Å²) < 4.78 is 2.05. The number of hydrogen-bond acceptors (Lipinski definition) is 2. The van der Waals surface area contributed by atoms with Crippen LogP contribution >= 0.6 is 0 Å². The molecule has 1 aliphatic rings. The summed E-state index contributed by atoms with van der Waals surface area (Å²) in [6, 6.07) is 7.87. The van der Waals surface area contributed by atoms with Crippen LogP contribution in [0.5, 0.6) is 0 Å². The van der Waals surface area contributed by atoms with E-state index < -0.39 is 5.97 Å². The minimum atomic E-state index is -0.713. The van der Waals surface area contributed by atoms with Gasteiger partial charge in [-0.2, -0.15) is 5.26 Å². The Morgan fingerprint density at radius 2 is 2.29 bits per heavy atom. The minimum absolute atomic E-state index is 0.265. The maximum Gasteiger partial charge on any atom is 0.306 e. The van der Waals surface area contributed by atoms with Crippen molar-refractivity contribution in [3.63, 3.8) is 0 Å². The summed E-state index contributed by atoms with van der Waals surface area (Å²) in [6.07, 6.45) is 6.14. The van der Waals surface area contributed by atoms with Crippen LogP contribution in [0.25, 0.3) is 16.5 Å². The lowest BCUT2D eigenvalue weighted by Gasteiger charge is -2.18. The summed E-state index contributed by atoms with van der Waals surface area (Å²) >= 11 is 0. The number of benzene rings is 1. The van der Waals surface area contributed by atoms with Crippen LogP contribution in [0.1, 0.15) is 30.4 Å². The fourth-order valence-electron chi connectivity index (χ4n) is 3.02. The topological polar surface area (TPSA) is 66.0 Å². The van der Waals surface area contributed by atoms with Crippen LogP contribution in [-0.2, 0) is 11.8 Å². The lowest BCUT2D eigenvalue weighted by Crippen LogP contribution is -2.15. The van der Waals surface area contributed by atoms with Crippen LogP contribution < -0.4 is 0 Å². The lowest BCUT2D eigenvalue weighted by molar-refractivity contribution is -0.141. The molecular formula is C17H16N2O2. The minimum Gasteiger partial charge on any atom is -0.481 e. The fraction of sp³-hybridized carbons (Fsp3) is 0.294. The van der Waals surface area contributed by atoms with Crippen LogP contribution in [-0.4, -0.2) is 15.6 Å². The summed E-state index contributed by atoms with van der Waals surface area (Å²) in [6.45, 7) is 0.